The van der Waals surface area contributed by atoms with E-state index in [1.165, 1.54) is 5.06 Å². The number of aryl methyl sites for hydroxylation is 2. The second-order valence-corrected chi connectivity index (χ2v) is 8.07. The number of hydroxylamine groups is 4. The van der Waals surface area contributed by atoms with Gasteiger partial charge in [-0.3, -0.25) is 14.4 Å². The van der Waals surface area contributed by atoms with E-state index in [1.807, 2.05) is 25.8 Å². The maximum absolute atomic E-state index is 13.8. The molecule has 0 N–H and O–H groups in total. The molecule has 2 aliphatic heterocycles. The number of benzene rings is 1. The maximum Gasteiger partial charge on any atom is 0.262 e. The average Bonchev–Trinajstić information content (AvgIpc) is 2.89. The first-order valence-electron chi connectivity index (χ1n) is 10.1. The van der Waals surface area contributed by atoms with E-state index >= 15 is 0 Å². The number of carbonyl (C=O) groups is 2. The first-order chi connectivity index (χ1) is 13.8. The van der Waals surface area contributed by atoms with Crippen LogP contribution in [0, 0.1) is 27.7 Å². The van der Waals surface area contributed by atoms with Crippen molar-refractivity contribution < 1.29 is 24.0 Å². The van der Waals surface area contributed by atoms with Crippen LogP contribution in [0.2, 0.25) is 0 Å². The molecule has 0 aromatic heterocycles. The first kappa shape index (κ1) is 21.9. The van der Waals surface area contributed by atoms with Gasteiger partial charge in [0, 0.05) is 20.2 Å². The van der Waals surface area contributed by atoms with E-state index in [1.54, 1.807) is 14.2 Å². The Morgan fingerprint density at radius 3 is 2.24 bits per heavy atom. The summed E-state index contributed by atoms with van der Waals surface area (Å²) in [6.07, 6.45) is 0.968. The van der Waals surface area contributed by atoms with Gasteiger partial charge in [-0.05, 0) is 68.4 Å². The molecule has 160 valence electrons. The Morgan fingerprint density at radius 2 is 1.66 bits per heavy atom. The van der Waals surface area contributed by atoms with Crippen molar-refractivity contribution in [2.24, 2.45) is 0 Å². The van der Waals surface area contributed by atoms with Gasteiger partial charge < -0.3 is 9.57 Å². The molecule has 3 rings (SSSR count). The standard InChI is InChI=1S/C22H32N2O5/c1-14-13-15(2)18(17(4)16(14)3)19-20(25)22(7-9-23(28-6)10-8-22)24(21(19)26)29-12-11-27-5/h13,19H,7-12H2,1-6H3. The van der Waals surface area contributed by atoms with Crippen LogP contribution in [0.1, 0.15) is 46.6 Å². The van der Waals surface area contributed by atoms with Gasteiger partial charge in [0.15, 0.2) is 5.78 Å². The molecule has 0 radical (unpaired) electrons. The fourth-order valence-electron chi connectivity index (χ4n) is 4.70. The van der Waals surface area contributed by atoms with Crippen LogP contribution < -0.4 is 0 Å². The topological polar surface area (TPSA) is 68.3 Å². The third-order valence-electron chi connectivity index (χ3n) is 6.58. The van der Waals surface area contributed by atoms with Crippen molar-refractivity contribution in [1.29, 1.82) is 0 Å². The highest BCUT2D eigenvalue weighted by Crippen LogP contribution is 2.45. The highest BCUT2D eigenvalue weighted by molar-refractivity contribution is 6.17. The highest BCUT2D eigenvalue weighted by atomic mass is 16.7. The molecular weight excluding hydrogens is 372 g/mol. The third-order valence-corrected chi connectivity index (χ3v) is 6.58. The molecule has 1 atom stereocenters. The lowest BCUT2D eigenvalue weighted by Crippen LogP contribution is -2.56. The molecular formula is C22H32N2O5. The van der Waals surface area contributed by atoms with Crippen molar-refractivity contribution in [2.75, 3.05) is 40.5 Å². The molecule has 0 aliphatic carbocycles. The number of hydrogen-bond acceptors (Lipinski definition) is 6. The van der Waals surface area contributed by atoms with Gasteiger partial charge in [0.25, 0.3) is 5.91 Å². The van der Waals surface area contributed by atoms with Crippen LogP contribution in [0.15, 0.2) is 6.07 Å². The molecule has 2 fully saturated rings. The average molecular weight is 405 g/mol. The summed E-state index contributed by atoms with van der Waals surface area (Å²) in [6.45, 7) is 9.78. The van der Waals surface area contributed by atoms with E-state index in [2.05, 4.69) is 13.0 Å². The lowest BCUT2D eigenvalue weighted by molar-refractivity contribution is -0.232. The molecule has 2 saturated heterocycles. The van der Waals surface area contributed by atoms with E-state index in [0.29, 0.717) is 32.5 Å². The second-order valence-electron chi connectivity index (χ2n) is 8.07. The van der Waals surface area contributed by atoms with Crippen LogP contribution in [0.4, 0.5) is 0 Å². The monoisotopic (exact) mass is 404 g/mol. The SMILES string of the molecule is COCCON1C(=O)C(c2c(C)cc(C)c(C)c2C)C(=O)C12CCN(OC)CC2. The van der Waals surface area contributed by atoms with Crippen LogP contribution in [-0.4, -0.2) is 67.9 Å². The first-order valence-corrected chi connectivity index (χ1v) is 10.1. The van der Waals surface area contributed by atoms with Gasteiger partial charge in [0.1, 0.15) is 11.5 Å². The zero-order chi connectivity index (χ0) is 21.3. The Labute approximate surface area is 172 Å². The van der Waals surface area contributed by atoms with Crippen LogP contribution in [0.5, 0.6) is 0 Å². The quantitative estimate of drug-likeness (QED) is 0.536. The fourth-order valence-corrected chi connectivity index (χ4v) is 4.70. The molecule has 0 saturated carbocycles. The molecule has 1 unspecified atom stereocenters. The van der Waals surface area contributed by atoms with Gasteiger partial charge in [-0.25, -0.2) is 5.06 Å². The molecule has 7 nitrogen and oxygen atoms in total. The molecule has 2 heterocycles. The number of ketones is 1. The summed E-state index contributed by atoms with van der Waals surface area (Å²) in [5.41, 5.74) is 4.14. The lowest BCUT2D eigenvalue weighted by Gasteiger charge is -2.41. The molecule has 0 bridgehead atoms. The Bertz CT molecular complexity index is 799. The number of Topliss-reactive ketones (excluding diaryl/α,β-unsaturated/α-hetero) is 1. The number of methoxy groups -OCH3 is 1. The molecule has 2 aliphatic rings. The number of amides is 1. The lowest BCUT2D eigenvalue weighted by atomic mass is 9.78. The van der Waals surface area contributed by atoms with E-state index in [9.17, 15) is 9.59 Å². The van der Waals surface area contributed by atoms with Gasteiger partial charge in [0.05, 0.1) is 20.3 Å². The highest BCUT2D eigenvalue weighted by Gasteiger charge is 2.61. The van der Waals surface area contributed by atoms with Crippen molar-refractivity contribution in [3.63, 3.8) is 0 Å². The van der Waals surface area contributed by atoms with Crippen molar-refractivity contribution >= 4 is 11.7 Å². The maximum atomic E-state index is 13.8. The minimum Gasteiger partial charge on any atom is -0.382 e. The van der Waals surface area contributed by atoms with E-state index in [4.69, 9.17) is 14.4 Å². The largest absolute Gasteiger partial charge is 0.382 e. The van der Waals surface area contributed by atoms with Gasteiger partial charge in [0.2, 0.25) is 0 Å². The molecule has 1 aromatic carbocycles. The Hall–Kier alpha value is -1.80. The van der Waals surface area contributed by atoms with E-state index in [-0.39, 0.29) is 18.3 Å². The molecule has 1 spiro atoms. The zero-order valence-corrected chi connectivity index (χ0v) is 18.3. The van der Waals surface area contributed by atoms with Gasteiger partial charge in [-0.15, -0.1) is 0 Å². The smallest absolute Gasteiger partial charge is 0.262 e. The van der Waals surface area contributed by atoms with Crippen molar-refractivity contribution in [3.05, 3.63) is 33.9 Å². The fraction of sp³-hybridized carbons (Fsp3) is 0.636. The zero-order valence-electron chi connectivity index (χ0n) is 18.3. The molecule has 1 aromatic rings. The summed E-state index contributed by atoms with van der Waals surface area (Å²) in [5.74, 6) is -1.16. The predicted octanol–water partition coefficient (Wildman–Crippen LogP) is 2.39. The second kappa shape index (κ2) is 8.52. The van der Waals surface area contributed by atoms with Gasteiger partial charge >= 0.3 is 0 Å². The number of ether oxygens (including phenoxy) is 1. The number of nitrogens with zero attached hydrogens (tertiary/aromatic N) is 2. The van der Waals surface area contributed by atoms with Gasteiger partial charge in [-0.1, -0.05) is 6.07 Å². The van der Waals surface area contributed by atoms with Crippen molar-refractivity contribution in [2.45, 2.75) is 52.0 Å². The minimum absolute atomic E-state index is 0.0647. The number of piperidine rings is 1. The van der Waals surface area contributed by atoms with Crippen LogP contribution in [0.3, 0.4) is 0 Å². The summed E-state index contributed by atoms with van der Waals surface area (Å²) < 4.78 is 5.08. The summed E-state index contributed by atoms with van der Waals surface area (Å²) in [7, 11) is 3.20. The summed E-state index contributed by atoms with van der Waals surface area (Å²) in [5, 5.41) is 3.18. The summed E-state index contributed by atoms with van der Waals surface area (Å²) >= 11 is 0. The van der Waals surface area contributed by atoms with Gasteiger partial charge in [-0.2, -0.15) is 5.06 Å². The number of carbonyl (C=O) groups excluding carboxylic acids is 2. The summed E-state index contributed by atoms with van der Waals surface area (Å²) in [4.78, 5) is 38.5. The number of rotatable bonds is 6. The van der Waals surface area contributed by atoms with Crippen LogP contribution in [0.25, 0.3) is 0 Å². The predicted molar refractivity (Wildman–Crippen MR) is 108 cm³/mol. The third kappa shape index (κ3) is 3.61. The molecule has 7 heteroatoms. The van der Waals surface area contributed by atoms with Crippen LogP contribution >= 0.6 is 0 Å². The normalized spacial score (nSPS) is 22.1. The van der Waals surface area contributed by atoms with Crippen molar-refractivity contribution in [3.8, 4) is 0 Å². The minimum atomic E-state index is -0.956. The van der Waals surface area contributed by atoms with E-state index in [0.717, 1.165) is 27.8 Å². The molecule has 1 amide bonds. The Morgan fingerprint density at radius 1 is 1.00 bits per heavy atom. The Kier molecular flexibility index (Phi) is 6.43. The summed E-state index contributed by atoms with van der Waals surface area (Å²) in [6, 6.07) is 2.06. The Balaban J connectivity index is 2.04. The van der Waals surface area contributed by atoms with E-state index < -0.39 is 11.5 Å². The number of hydrogen-bond donors (Lipinski definition) is 0. The van der Waals surface area contributed by atoms with Crippen molar-refractivity contribution in [1.82, 2.24) is 10.1 Å². The molecule has 29 heavy (non-hydrogen) atoms. The van der Waals surface area contributed by atoms with Crippen LogP contribution in [-0.2, 0) is 24.0 Å².